The Hall–Kier alpha value is -3.34. The molecule has 12 heteroatoms. The number of pyridine rings is 2. The van der Waals surface area contributed by atoms with Crippen LogP contribution in [0.1, 0.15) is 42.8 Å². The minimum Gasteiger partial charge on any atom is -0.481 e. The quantitative estimate of drug-likeness (QED) is 0.518. The average molecular weight is 506 g/mol. The number of hydrogen-bond donors (Lipinski definition) is 1. The van der Waals surface area contributed by atoms with Crippen molar-refractivity contribution in [2.45, 2.75) is 38.7 Å². The zero-order valence-corrected chi connectivity index (χ0v) is 20.6. The number of amides is 1. The van der Waals surface area contributed by atoms with Crippen LogP contribution in [0.4, 0.5) is 14.6 Å². The molecule has 1 N–H and O–H groups in total. The van der Waals surface area contributed by atoms with Crippen molar-refractivity contribution in [3.05, 3.63) is 46.5 Å². The van der Waals surface area contributed by atoms with Crippen LogP contribution in [0.2, 0.25) is 5.02 Å². The fourth-order valence-electron chi connectivity index (χ4n) is 4.15. The third-order valence-corrected chi connectivity index (χ3v) is 6.39. The molecule has 1 fully saturated rings. The molecular weight excluding hydrogens is 480 g/mol. The Morgan fingerprint density at radius 2 is 2.09 bits per heavy atom. The first-order chi connectivity index (χ1) is 16.7. The summed E-state index contributed by atoms with van der Waals surface area (Å²) in [6.07, 6.45) is -0.462. The van der Waals surface area contributed by atoms with E-state index in [0.29, 0.717) is 46.6 Å². The third kappa shape index (κ3) is 5.19. The fraction of sp³-hybridized carbons (Fsp3) is 0.435. The van der Waals surface area contributed by atoms with Gasteiger partial charge in [-0.15, -0.1) is 0 Å². The second-order valence-electron chi connectivity index (χ2n) is 8.43. The van der Waals surface area contributed by atoms with Gasteiger partial charge in [0.25, 0.3) is 6.43 Å². The van der Waals surface area contributed by atoms with E-state index in [0.717, 1.165) is 11.1 Å². The van der Waals surface area contributed by atoms with Gasteiger partial charge >= 0.3 is 0 Å². The Morgan fingerprint density at radius 1 is 1.31 bits per heavy atom. The molecule has 1 saturated heterocycles. The third-order valence-electron chi connectivity index (χ3n) is 6.08. The minimum absolute atomic E-state index is 0.0183. The van der Waals surface area contributed by atoms with Gasteiger partial charge in [0.15, 0.2) is 11.6 Å². The maximum Gasteiger partial charge on any atom is 0.297 e. The van der Waals surface area contributed by atoms with Crippen molar-refractivity contribution in [3.8, 4) is 17.3 Å². The van der Waals surface area contributed by atoms with E-state index < -0.39 is 18.2 Å². The van der Waals surface area contributed by atoms with E-state index in [1.54, 1.807) is 30.0 Å². The summed E-state index contributed by atoms with van der Waals surface area (Å²) in [5, 5.41) is 7.86. The molecule has 0 radical (unpaired) electrons. The van der Waals surface area contributed by atoms with Crippen molar-refractivity contribution >= 4 is 23.3 Å². The van der Waals surface area contributed by atoms with Gasteiger partial charge in [-0.3, -0.25) is 4.79 Å². The Bertz CT molecular complexity index is 1240. The van der Waals surface area contributed by atoms with Crippen LogP contribution in [0.3, 0.4) is 0 Å². The monoisotopic (exact) mass is 505 g/mol. The number of methoxy groups -OCH3 is 1. The molecule has 0 bridgehead atoms. The number of nitrogens with one attached hydrogen (secondary N) is 1. The first-order valence-corrected chi connectivity index (χ1v) is 11.5. The van der Waals surface area contributed by atoms with Crippen molar-refractivity contribution < 1.29 is 18.3 Å². The van der Waals surface area contributed by atoms with Crippen LogP contribution in [0.15, 0.2) is 24.4 Å². The molecule has 0 spiro atoms. The van der Waals surface area contributed by atoms with Gasteiger partial charge in [-0.1, -0.05) is 11.6 Å². The molecule has 0 aliphatic carbocycles. The smallest absolute Gasteiger partial charge is 0.297 e. The van der Waals surface area contributed by atoms with Gasteiger partial charge in [0, 0.05) is 44.0 Å². The molecule has 9 nitrogen and oxygen atoms in total. The summed E-state index contributed by atoms with van der Waals surface area (Å²) in [5.74, 6) is 0.379. The highest BCUT2D eigenvalue weighted by Gasteiger charge is 2.31. The van der Waals surface area contributed by atoms with Gasteiger partial charge in [0.2, 0.25) is 11.8 Å². The first-order valence-electron chi connectivity index (χ1n) is 11.1. The predicted molar refractivity (Wildman–Crippen MR) is 127 cm³/mol. The fourth-order valence-corrected chi connectivity index (χ4v) is 4.42. The first kappa shape index (κ1) is 24.8. The lowest BCUT2D eigenvalue weighted by molar-refractivity contribution is -0.131. The summed E-state index contributed by atoms with van der Waals surface area (Å²) >= 11 is 6.28. The summed E-state index contributed by atoms with van der Waals surface area (Å²) in [7, 11) is 2.95. The standard InChI is InChI=1S/C23H26ClF2N7O2/c1-12(16-9-19(35-4)27-10-17(16)24)23(34)33-8-7-14(11-33)29-18-6-5-15(13(2)28-18)21-30-22(20(25)26)32(3)31-21/h5-6,9-10,12,14,20H,7-8,11H2,1-4H3,(H,28,29)/t12?,14-/m0/s1. The van der Waals surface area contributed by atoms with E-state index in [9.17, 15) is 13.6 Å². The Morgan fingerprint density at radius 3 is 2.74 bits per heavy atom. The summed E-state index contributed by atoms with van der Waals surface area (Å²) in [6, 6.07) is 5.22. The van der Waals surface area contributed by atoms with Gasteiger partial charge < -0.3 is 15.0 Å². The van der Waals surface area contributed by atoms with Crippen molar-refractivity contribution in [1.82, 2.24) is 29.6 Å². The second-order valence-corrected chi connectivity index (χ2v) is 8.84. The number of aryl methyl sites for hydroxylation is 2. The van der Waals surface area contributed by atoms with Gasteiger partial charge in [-0.2, -0.15) is 5.10 Å². The van der Waals surface area contributed by atoms with Crippen LogP contribution in [0.5, 0.6) is 5.88 Å². The number of anilines is 1. The number of alkyl halides is 2. The minimum atomic E-state index is -2.71. The highest BCUT2D eigenvalue weighted by Crippen LogP contribution is 2.30. The number of carbonyl (C=O) groups is 1. The summed E-state index contributed by atoms with van der Waals surface area (Å²) in [5.41, 5.74) is 1.87. The zero-order valence-electron chi connectivity index (χ0n) is 19.8. The second kappa shape index (κ2) is 10.1. The lowest BCUT2D eigenvalue weighted by atomic mass is 10.0. The molecule has 1 amide bonds. The van der Waals surface area contributed by atoms with Crippen LogP contribution in [-0.2, 0) is 11.8 Å². The number of halogens is 3. The normalized spacial score (nSPS) is 16.6. The largest absolute Gasteiger partial charge is 0.481 e. The number of hydrogen-bond acceptors (Lipinski definition) is 7. The molecule has 3 aromatic rings. The van der Waals surface area contributed by atoms with E-state index in [-0.39, 0.29) is 17.8 Å². The summed E-state index contributed by atoms with van der Waals surface area (Å²) in [6.45, 7) is 4.72. The molecule has 1 aliphatic rings. The zero-order chi connectivity index (χ0) is 25.3. The number of likely N-dealkylation sites (tertiary alicyclic amines) is 1. The molecule has 4 rings (SSSR count). The molecule has 186 valence electrons. The maximum absolute atomic E-state index is 13.1. The molecule has 1 unspecified atom stereocenters. The Labute approximate surface area is 206 Å². The molecular formula is C23H26ClF2N7O2. The number of ether oxygens (including phenoxy) is 1. The Balaban J connectivity index is 1.41. The van der Waals surface area contributed by atoms with Gasteiger partial charge in [0.1, 0.15) is 5.82 Å². The van der Waals surface area contributed by atoms with E-state index in [2.05, 4.69) is 25.4 Å². The van der Waals surface area contributed by atoms with E-state index in [1.165, 1.54) is 20.4 Å². The van der Waals surface area contributed by atoms with Crippen molar-refractivity contribution in [1.29, 1.82) is 0 Å². The van der Waals surface area contributed by atoms with Gasteiger partial charge in [-0.25, -0.2) is 28.4 Å². The van der Waals surface area contributed by atoms with Crippen LogP contribution in [0, 0.1) is 6.92 Å². The number of nitrogens with zero attached hydrogens (tertiary/aromatic N) is 6. The topological polar surface area (TPSA) is 98.1 Å². The predicted octanol–water partition coefficient (Wildman–Crippen LogP) is 4.00. The number of aromatic nitrogens is 5. The van der Waals surface area contributed by atoms with E-state index in [4.69, 9.17) is 16.3 Å². The lowest BCUT2D eigenvalue weighted by Crippen LogP contribution is -2.34. The molecule has 0 aromatic carbocycles. The summed E-state index contributed by atoms with van der Waals surface area (Å²) < 4.78 is 32.3. The molecule has 4 heterocycles. The van der Waals surface area contributed by atoms with Crippen LogP contribution < -0.4 is 10.1 Å². The molecule has 2 atom stereocenters. The van der Waals surface area contributed by atoms with E-state index >= 15 is 0 Å². The Kier molecular flexibility index (Phi) is 7.15. The van der Waals surface area contributed by atoms with Gasteiger partial charge in [-0.05, 0) is 38.0 Å². The highest BCUT2D eigenvalue weighted by atomic mass is 35.5. The van der Waals surface area contributed by atoms with Crippen LogP contribution >= 0.6 is 11.6 Å². The van der Waals surface area contributed by atoms with Gasteiger partial charge in [0.05, 0.1) is 23.7 Å². The lowest BCUT2D eigenvalue weighted by Gasteiger charge is -2.22. The van der Waals surface area contributed by atoms with E-state index in [1.807, 2.05) is 6.92 Å². The molecule has 35 heavy (non-hydrogen) atoms. The average Bonchev–Trinajstić information content (AvgIpc) is 3.45. The number of carbonyl (C=O) groups excluding carboxylic acids is 1. The molecule has 3 aromatic heterocycles. The van der Waals surface area contributed by atoms with Crippen molar-refractivity contribution in [2.24, 2.45) is 7.05 Å². The molecule has 0 saturated carbocycles. The number of rotatable bonds is 7. The highest BCUT2D eigenvalue weighted by molar-refractivity contribution is 6.31. The molecule has 1 aliphatic heterocycles. The van der Waals surface area contributed by atoms with Crippen molar-refractivity contribution in [2.75, 3.05) is 25.5 Å². The van der Waals surface area contributed by atoms with Crippen molar-refractivity contribution in [3.63, 3.8) is 0 Å². The maximum atomic E-state index is 13.1. The SMILES string of the molecule is COc1cc(C(C)C(=O)N2CC[C@H](Nc3ccc(-c4nc(C(F)F)n(C)n4)c(C)n3)C2)c(Cl)cn1. The van der Waals surface area contributed by atoms with Crippen LogP contribution in [0.25, 0.3) is 11.4 Å². The summed E-state index contributed by atoms with van der Waals surface area (Å²) in [4.78, 5) is 27.5. The van der Waals surface area contributed by atoms with Crippen LogP contribution in [-0.4, -0.2) is 61.8 Å².